The molecule has 0 aromatic carbocycles. The van der Waals surface area contributed by atoms with Crippen LogP contribution < -0.4 is 4.90 Å². The van der Waals surface area contributed by atoms with E-state index in [1.807, 2.05) is 11.0 Å². The number of likely N-dealkylation sites (tertiary alicyclic amines) is 1. The predicted molar refractivity (Wildman–Crippen MR) is 127 cm³/mol. The van der Waals surface area contributed by atoms with E-state index in [0.717, 1.165) is 12.4 Å². The molecule has 4 atom stereocenters. The number of piperidine rings is 1. The molecule has 2 unspecified atom stereocenters. The first kappa shape index (κ1) is 23.8. The number of hydrogen-bond acceptors (Lipinski definition) is 6. The van der Waals surface area contributed by atoms with Crippen molar-refractivity contribution in [1.29, 1.82) is 0 Å². The van der Waals surface area contributed by atoms with Gasteiger partial charge in [-0.25, -0.2) is 4.98 Å². The van der Waals surface area contributed by atoms with Crippen LogP contribution in [0, 0.1) is 29.6 Å². The molecule has 180 valence electrons. The highest BCUT2D eigenvalue weighted by Gasteiger charge is 2.57. The maximum atomic E-state index is 13.2. The minimum absolute atomic E-state index is 0.0982. The number of anilines is 1. The topological polar surface area (TPSA) is 80.0 Å². The lowest BCUT2D eigenvalue weighted by molar-refractivity contribution is -0.141. The van der Waals surface area contributed by atoms with Gasteiger partial charge < -0.3 is 14.5 Å². The molecule has 2 aliphatic rings. The van der Waals surface area contributed by atoms with Gasteiger partial charge in [0.05, 0.1) is 7.11 Å². The summed E-state index contributed by atoms with van der Waals surface area (Å²) in [7, 11) is 1.42. The van der Waals surface area contributed by atoms with E-state index in [1.54, 1.807) is 10.6 Å². The number of esters is 1. The van der Waals surface area contributed by atoms with E-state index in [1.165, 1.54) is 7.11 Å². The highest BCUT2D eigenvalue weighted by atomic mass is 35.5. The maximum absolute atomic E-state index is 13.2. The van der Waals surface area contributed by atoms with Crippen molar-refractivity contribution in [3.63, 3.8) is 0 Å². The van der Waals surface area contributed by atoms with E-state index < -0.39 is 0 Å². The lowest BCUT2D eigenvalue weighted by Gasteiger charge is -2.35. The van der Waals surface area contributed by atoms with Gasteiger partial charge in [-0.15, -0.1) is 0 Å². The Bertz CT molecular complexity index is 1040. The van der Waals surface area contributed by atoms with Gasteiger partial charge in [-0.1, -0.05) is 39.3 Å². The molecule has 0 N–H and O–H groups in total. The molecule has 2 aromatic heterocycles. The summed E-state index contributed by atoms with van der Waals surface area (Å²) in [6.07, 6.45) is 0.438. The van der Waals surface area contributed by atoms with Crippen molar-refractivity contribution in [1.82, 2.24) is 19.5 Å². The second kappa shape index (κ2) is 9.12. The van der Waals surface area contributed by atoms with Crippen molar-refractivity contribution in [3.8, 4) is 0 Å². The van der Waals surface area contributed by atoms with Crippen LogP contribution in [0.15, 0.2) is 12.1 Å². The van der Waals surface area contributed by atoms with E-state index in [9.17, 15) is 9.59 Å². The molecule has 0 bridgehead atoms. The number of fused-ring (bicyclic) bond motifs is 2. The molecule has 1 aliphatic heterocycles. The van der Waals surface area contributed by atoms with E-state index in [2.05, 4.69) is 49.6 Å². The predicted octanol–water partition coefficient (Wildman–Crippen LogP) is 3.77. The van der Waals surface area contributed by atoms with Gasteiger partial charge in [0, 0.05) is 44.2 Å². The molecule has 8 nitrogen and oxygen atoms in total. The summed E-state index contributed by atoms with van der Waals surface area (Å²) >= 11 is 6.39. The third kappa shape index (κ3) is 4.67. The summed E-state index contributed by atoms with van der Waals surface area (Å²) in [4.78, 5) is 33.4. The number of carbonyl (C=O) groups excluding carboxylic acids is 2. The number of halogens is 1. The van der Waals surface area contributed by atoms with Gasteiger partial charge >= 0.3 is 5.97 Å². The van der Waals surface area contributed by atoms with Crippen molar-refractivity contribution in [2.75, 3.05) is 31.6 Å². The first-order valence-electron chi connectivity index (χ1n) is 11.8. The number of rotatable bonds is 8. The van der Waals surface area contributed by atoms with Gasteiger partial charge in [0.1, 0.15) is 11.0 Å². The van der Waals surface area contributed by atoms with Gasteiger partial charge in [-0.3, -0.25) is 9.59 Å². The van der Waals surface area contributed by atoms with Crippen LogP contribution in [0.1, 0.15) is 51.5 Å². The summed E-state index contributed by atoms with van der Waals surface area (Å²) in [6.45, 7) is 13.1. The van der Waals surface area contributed by atoms with Crippen LogP contribution in [0.4, 0.5) is 5.82 Å². The van der Waals surface area contributed by atoms with Crippen LogP contribution in [0.2, 0.25) is 5.15 Å². The zero-order valence-electron chi connectivity index (χ0n) is 20.3. The fraction of sp³-hybridized carbons (Fsp3) is 0.667. The molecular formula is C24H34ClN5O3. The molecule has 4 rings (SSSR count). The van der Waals surface area contributed by atoms with Crippen molar-refractivity contribution < 1.29 is 14.3 Å². The van der Waals surface area contributed by atoms with E-state index in [4.69, 9.17) is 16.3 Å². The smallest absolute Gasteiger partial charge is 0.305 e. The maximum Gasteiger partial charge on any atom is 0.305 e. The first-order chi connectivity index (χ1) is 15.6. The van der Waals surface area contributed by atoms with Crippen LogP contribution in [0.3, 0.4) is 0 Å². The van der Waals surface area contributed by atoms with Crippen molar-refractivity contribution in [2.24, 2.45) is 29.6 Å². The Morgan fingerprint density at radius 2 is 1.85 bits per heavy atom. The zero-order chi connectivity index (χ0) is 24.0. The molecule has 1 saturated heterocycles. The largest absolute Gasteiger partial charge is 0.469 e. The highest BCUT2D eigenvalue weighted by molar-refractivity contribution is 6.29. The van der Waals surface area contributed by atoms with Gasteiger partial charge in [-0.05, 0) is 36.5 Å². The van der Waals surface area contributed by atoms with E-state index in [-0.39, 0.29) is 17.9 Å². The Morgan fingerprint density at radius 1 is 1.18 bits per heavy atom. The monoisotopic (exact) mass is 475 g/mol. The number of nitrogens with zero attached hydrogens (tertiary/aromatic N) is 5. The van der Waals surface area contributed by atoms with E-state index >= 15 is 0 Å². The van der Waals surface area contributed by atoms with Crippen molar-refractivity contribution in [2.45, 2.75) is 47.1 Å². The second-order valence-corrected chi connectivity index (χ2v) is 10.6. The summed E-state index contributed by atoms with van der Waals surface area (Å²) in [6, 6.07) is 3.82. The zero-order valence-corrected chi connectivity index (χ0v) is 21.0. The molecular weight excluding hydrogens is 442 g/mol. The molecule has 1 aliphatic carbocycles. The molecule has 1 saturated carbocycles. The Labute approximate surface area is 200 Å². The fourth-order valence-electron chi connectivity index (χ4n) is 5.02. The summed E-state index contributed by atoms with van der Waals surface area (Å²) < 4.78 is 6.53. The molecule has 1 amide bonds. The summed E-state index contributed by atoms with van der Waals surface area (Å²) in [5, 5.41) is 5.06. The Kier molecular flexibility index (Phi) is 6.58. The van der Waals surface area contributed by atoms with Crippen LogP contribution in [0.25, 0.3) is 5.65 Å². The molecule has 0 spiro atoms. The standard InChI is InChI=1S/C24H34ClN5O3/c1-13(2)10-29(15(5)14(3)4)22-9-20(25)26-21-8-19(27-30(21)22)24(32)28-11-17-16(18(17)12-28)7-23(31)33-6/h8-9,13-18H,7,10-12H2,1-6H3/t15-,16?,17+,18?/m1/s1. The lowest BCUT2D eigenvalue weighted by atomic mass is 10.0. The quantitative estimate of drug-likeness (QED) is 0.427. The number of hydrogen-bond donors (Lipinski definition) is 0. The first-order valence-corrected chi connectivity index (χ1v) is 12.2. The van der Waals surface area contributed by atoms with Gasteiger partial charge in [0.15, 0.2) is 11.3 Å². The number of carbonyl (C=O) groups is 2. The van der Waals surface area contributed by atoms with Crippen LogP contribution in [-0.2, 0) is 9.53 Å². The molecule has 33 heavy (non-hydrogen) atoms. The molecule has 2 fully saturated rings. The van der Waals surface area contributed by atoms with Gasteiger partial charge in [0.25, 0.3) is 5.91 Å². The number of ether oxygens (including phenoxy) is 1. The van der Waals surface area contributed by atoms with Crippen molar-refractivity contribution >= 4 is 34.9 Å². The molecule has 0 radical (unpaired) electrons. The highest BCUT2D eigenvalue weighted by Crippen LogP contribution is 2.53. The molecule has 9 heteroatoms. The lowest BCUT2D eigenvalue weighted by Crippen LogP contribution is -2.40. The second-order valence-electron chi connectivity index (χ2n) is 10.2. The van der Waals surface area contributed by atoms with Crippen molar-refractivity contribution in [3.05, 3.63) is 23.0 Å². The average molecular weight is 476 g/mol. The number of aromatic nitrogens is 3. The van der Waals surface area contributed by atoms with E-state index in [0.29, 0.717) is 65.6 Å². The minimum Gasteiger partial charge on any atom is -0.469 e. The van der Waals surface area contributed by atoms with Gasteiger partial charge in [-0.2, -0.15) is 9.61 Å². The number of methoxy groups -OCH3 is 1. The van der Waals surface area contributed by atoms with Gasteiger partial charge in [0.2, 0.25) is 0 Å². The third-order valence-corrected chi connectivity index (χ3v) is 7.39. The fourth-order valence-corrected chi connectivity index (χ4v) is 5.20. The average Bonchev–Trinajstić information content (AvgIpc) is 3.12. The Balaban J connectivity index is 1.57. The minimum atomic E-state index is -0.176. The SMILES string of the molecule is COC(=O)CC1C2CN(C(=O)c3cc4nc(Cl)cc(N(CC(C)C)[C@H](C)C(C)C)n4n3)C[C@@H]12. The summed E-state index contributed by atoms with van der Waals surface area (Å²) in [5.41, 5.74) is 0.942. The Morgan fingerprint density at radius 3 is 2.42 bits per heavy atom. The number of amides is 1. The van der Waals surface area contributed by atoms with Crippen LogP contribution in [-0.4, -0.2) is 64.2 Å². The van der Waals surface area contributed by atoms with Crippen LogP contribution >= 0.6 is 11.6 Å². The molecule has 2 aromatic rings. The normalized spacial score (nSPS) is 22.7. The third-order valence-electron chi connectivity index (χ3n) is 7.20. The Hall–Kier alpha value is -2.35. The van der Waals surface area contributed by atoms with Crippen LogP contribution in [0.5, 0.6) is 0 Å². The summed E-state index contributed by atoms with van der Waals surface area (Å²) in [5.74, 6) is 2.53. The molecule has 3 heterocycles.